The first-order valence-corrected chi connectivity index (χ1v) is 4.79. The summed E-state index contributed by atoms with van der Waals surface area (Å²) in [6, 6.07) is 3.52. The van der Waals surface area contributed by atoms with Gasteiger partial charge in [-0.3, -0.25) is 9.78 Å². The Balaban J connectivity index is 3.10. The fourth-order valence-electron chi connectivity index (χ4n) is 1.40. The van der Waals surface area contributed by atoms with Crippen molar-refractivity contribution in [1.82, 2.24) is 9.97 Å². The number of nitrogens with one attached hydrogen (secondary N) is 2. The van der Waals surface area contributed by atoms with E-state index in [0.29, 0.717) is 10.9 Å². The lowest BCUT2D eigenvalue weighted by atomic mass is 10.1. The maximum absolute atomic E-state index is 11.4. The normalized spacial score (nSPS) is 10.7. The van der Waals surface area contributed by atoms with Gasteiger partial charge in [0.05, 0.1) is 10.9 Å². The van der Waals surface area contributed by atoms with Crippen molar-refractivity contribution in [3.05, 3.63) is 43.0 Å². The fourth-order valence-corrected chi connectivity index (χ4v) is 1.98. The molecule has 72 valence electrons. The Morgan fingerprint density at radius 3 is 2.64 bits per heavy atom. The smallest absolute Gasteiger partial charge is 0.307 e. The van der Waals surface area contributed by atoms with Crippen LogP contribution in [-0.4, -0.2) is 9.97 Å². The van der Waals surface area contributed by atoms with E-state index >= 15 is 0 Å². The maximum Gasteiger partial charge on any atom is 0.326 e. The third kappa shape index (κ3) is 1.39. The molecule has 14 heavy (non-hydrogen) atoms. The highest BCUT2D eigenvalue weighted by Crippen LogP contribution is 2.18. The van der Waals surface area contributed by atoms with Gasteiger partial charge in [-0.15, -0.1) is 0 Å². The van der Waals surface area contributed by atoms with Crippen LogP contribution < -0.4 is 11.2 Å². The van der Waals surface area contributed by atoms with E-state index in [1.54, 1.807) is 6.07 Å². The number of aromatic nitrogens is 2. The topological polar surface area (TPSA) is 65.7 Å². The molecule has 1 aromatic carbocycles. The molecule has 0 fully saturated rings. The number of rotatable bonds is 0. The summed E-state index contributed by atoms with van der Waals surface area (Å²) in [5, 5.41) is 0.483. The number of fused-ring (bicyclic) bond motifs is 1. The zero-order chi connectivity index (χ0) is 10.3. The van der Waals surface area contributed by atoms with Crippen molar-refractivity contribution in [2.24, 2.45) is 0 Å². The monoisotopic (exact) mass is 254 g/mol. The third-order valence-electron chi connectivity index (χ3n) is 2.01. The first kappa shape index (κ1) is 9.21. The van der Waals surface area contributed by atoms with E-state index in [0.717, 1.165) is 10.0 Å². The number of benzene rings is 1. The molecule has 4 nitrogen and oxygen atoms in total. The van der Waals surface area contributed by atoms with E-state index in [-0.39, 0.29) is 5.56 Å². The van der Waals surface area contributed by atoms with E-state index in [4.69, 9.17) is 0 Å². The van der Waals surface area contributed by atoms with Gasteiger partial charge in [0, 0.05) is 4.47 Å². The first-order valence-electron chi connectivity index (χ1n) is 4.00. The van der Waals surface area contributed by atoms with Crippen molar-refractivity contribution in [3.8, 4) is 0 Å². The van der Waals surface area contributed by atoms with E-state index in [2.05, 4.69) is 25.9 Å². The van der Waals surface area contributed by atoms with Gasteiger partial charge in [-0.2, -0.15) is 0 Å². The highest BCUT2D eigenvalue weighted by atomic mass is 79.9. The van der Waals surface area contributed by atoms with Crippen LogP contribution in [0.1, 0.15) is 5.56 Å². The number of H-pyrrole nitrogens is 2. The number of halogens is 1. The highest BCUT2D eigenvalue weighted by Gasteiger charge is 2.04. The largest absolute Gasteiger partial charge is 0.326 e. The molecule has 0 unspecified atom stereocenters. The van der Waals surface area contributed by atoms with Crippen molar-refractivity contribution in [2.75, 3.05) is 0 Å². The maximum atomic E-state index is 11.4. The fraction of sp³-hybridized carbons (Fsp3) is 0.111. The van der Waals surface area contributed by atoms with Gasteiger partial charge in [-0.05, 0) is 24.6 Å². The molecule has 2 N–H and O–H groups in total. The average molecular weight is 255 g/mol. The predicted octanol–water partition coefficient (Wildman–Crippen LogP) is 1.29. The molecule has 0 radical (unpaired) electrons. The quantitative estimate of drug-likeness (QED) is 0.744. The Labute approximate surface area is 87.1 Å². The Hall–Kier alpha value is -1.36. The lowest BCUT2D eigenvalue weighted by Gasteiger charge is -2.01. The number of aromatic amines is 2. The molecule has 0 atom stereocenters. The molecule has 1 heterocycles. The Bertz CT molecular complexity index is 612. The van der Waals surface area contributed by atoms with Crippen LogP contribution in [0.25, 0.3) is 10.9 Å². The second-order valence-electron chi connectivity index (χ2n) is 3.05. The van der Waals surface area contributed by atoms with E-state index in [1.807, 2.05) is 13.0 Å². The predicted molar refractivity (Wildman–Crippen MR) is 57.6 cm³/mol. The number of hydrogen-bond acceptors (Lipinski definition) is 2. The average Bonchev–Trinajstić information content (AvgIpc) is 2.07. The summed E-state index contributed by atoms with van der Waals surface area (Å²) >= 11 is 3.29. The van der Waals surface area contributed by atoms with Crippen LogP contribution in [0.3, 0.4) is 0 Å². The van der Waals surface area contributed by atoms with Gasteiger partial charge in [0.25, 0.3) is 5.56 Å². The van der Waals surface area contributed by atoms with E-state index < -0.39 is 5.69 Å². The standard InChI is InChI=1S/C9H7BrN2O2/c1-4-2-5(10)3-6-7(4)11-9(14)12-8(6)13/h2-3H,1H3,(H2,11,12,13,14). The van der Waals surface area contributed by atoms with Crippen molar-refractivity contribution in [2.45, 2.75) is 6.92 Å². The molecule has 0 saturated carbocycles. The zero-order valence-corrected chi connectivity index (χ0v) is 8.94. The van der Waals surface area contributed by atoms with Crippen molar-refractivity contribution < 1.29 is 0 Å². The lowest BCUT2D eigenvalue weighted by Crippen LogP contribution is -2.22. The zero-order valence-electron chi connectivity index (χ0n) is 7.35. The summed E-state index contributed by atoms with van der Waals surface area (Å²) in [7, 11) is 0. The lowest BCUT2D eigenvalue weighted by molar-refractivity contribution is 1.08. The molecule has 5 heteroatoms. The molecule has 2 aromatic rings. The number of aryl methyl sites for hydroxylation is 1. The molecule has 0 aliphatic heterocycles. The summed E-state index contributed by atoms with van der Waals surface area (Å²) in [4.78, 5) is 27.2. The minimum absolute atomic E-state index is 0.367. The van der Waals surface area contributed by atoms with Crippen molar-refractivity contribution >= 4 is 26.8 Å². The van der Waals surface area contributed by atoms with Crippen LogP contribution in [0.5, 0.6) is 0 Å². The summed E-state index contributed by atoms with van der Waals surface area (Å²) in [6.45, 7) is 1.84. The van der Waals surface area contributed by atoms with Crippen molar-refractivity contribution in [1.29, 1.82) is 0 Å². The van der Waals surface area contributed by atoms with Gasteiger partial charge < -0.3 is 4.98 Å². The molecule has 0 spiro atoms. The van der Waals surface area contributed by atoms with Gasteiger partial charge in [0.2, 0.25) is 0 Å². The van der Waals surface area contributed by atoms with Crippen LogP contribution in [0.2, 0.25) is 0 Å². The first-order chi connectivity index (χ1) is 6.58. The van der Waals surface area contributed by atoms with Crippen LogP contribution in [0.4, 0.5) is 0 Å². The Morgan fingerprint density at radius 1 is 1.21 bits per heavy atom. The highest BCUT2D eigenvalue weighted by molar-refractivity contribution is 9.10. The second kappa shape index (κ2) is 3.09. The molecule has 0 bridgehead atoms. The second-order valence-corrected chi connectivity index (χ2v) is 3.97. The van der Waals surface area contributed by atoms with E-state index in [1.165, 1.54) is 0 Å². The molecule has 0 amide bonds. The Morgan fingerprint density at radius 2 is 1.93 bits per heavy atom. The molecular formula is C9H7BrN2O2. The SMILES string of the molecule is Cc1cc(Br)cc2c(=O)[nH]c(=O)[nH]c12. The van der Waals surface area contributed by atoms with Gasteiger partial charge in [-0.25, -0.2) is 4.79 Å². The molecular weight excluding hydrogens is 248 g/mol. The van der Waals surface area contributed by atoms with Crippen LogP contribution in [0.15, 0.2) is 26.2 Å². The van der Waals surface area contributed by atoms with Crippen LogP contribution in [-0.2, 0) is 0 Å². The van der Waals surface area contributed by atoms with Gasteiger partial charge >= 0.3 is 5.69 Å². The minimum Gasteiger partial charge on any atom is -0.307 e. The number of hydrogen-bond donors (Lipinski definition) is 2. The van der Waals surface area contributed by atoms with Gasteiger partial charge in [-0.1, -0.05) is 15.9 Å². The van der Waals surface area contributed by atoms with Gasteiger partial charge in [0.1, 0.15) is 0 Å². The Kier molecular flexibility index (Phi) is 2.03. The minimum atomic E-state index is -0.479. The third-order valence-corrected chi connectivity index (χ3v) is 2.47. The molecule has 1 aromatic heterocycles. The molecule has 0 aliphatic carbocycles. The molecule has 0 aliphatic rings. The summed E-state index contributed by atoms with van der Waals surface area (Å²) in [5.41, 5.74) is 0.598. The molecule has 0 saturated heterocycles. The van der Waals surface area contributed by atoms with Crippen LogP contribution in [0, 0.1) is 6.92 Å². The van der Waals surface area contributed by atoms with E-state index in [9.17, 15) is 9.59 Å². The molecule has 2 rings (SSSR count). The summed E-state index contributed by atoms with van der Waals surface area (Å²) in [6.07, 6.45) is 0. The van der Waals surface area contributed by atoms with Crippen molar-refractivity contribution in [3.63, 3.8) is 0 Å². The van der Waals surface area contributed by atoms with Crippen LogP contribution >= 0.6 is 15.9 Å². The summed E-state index contributed by atoms with van der Waals surface area (Å²) in [5.74, 6) is 0. The van der Waals surface area contributed by atoms with Gasteiger partial charge in [0.15, 0.2) is 0 Å². The summed E-state index contributed by atoms with van der Waals surface area (Å²) < 4.78 is 0.819.